The van der Waals surface area contributed by atoms with Crippen LogP contribution in [-0.2, 0) is 47.0 Å². The van der Waals surface area contributed by atoms with E-state index in [1.165, 1.54) is 49.5 Å². The molecule has 6 rings (SSSR count). The Balaban J connectivity index is 1.48. The highest BCUT2D eigenvalue weighted by Gasteiger charge is 2.35. The smallest absolute Gasteiger partial charge is 0.303 e. The number of rotatable bonds is 17. The second-order valence-electron chi connectivity index (χ2n) is 13.9. The van der Waals surface area contributed by atoms with Crippen molar-refractivity contribution in [3.8, 4) is 11.1 Å². The molecule has 0 fully saturated rings. The number of nitrogens with one attached hydrogen (secondary N) is 3. The van der Waals surface area contributed by atoms with Crippen molar-refractivity contribution in [2.45, 2.75) is 46.8 Å². The minimum absolute atomic E-state index is 0.0101. The number of hydrogen-bond donors (Lipinski definition) is 7. The van der Waals surface area contributed by atoms with Crippen LogP contribution in [0.3, 0.4) is 0 Å². The molecule has 7 N–H and O–H groups in total. The average Bonchev–Trinajstić information content (AvgIpc) is 3.18. The molecule has 61 heavy (non-hydrogen) atoms. The first-order valence-electron chi connectivity index (χ1n) is 18.2. The molecule has 0 saturated heterocycles. The van der Waals surface area contributed by atoms with E-state index >= 15 is 0 Å². The Morgan fingerprint density at radius 3 is 2.00 bits per heavy atom. The van der Waals surface area contributed by atoms with E-state index in [0.717, 1.165) is 22.8 Å². The maximum absolute atomic E-state index is 14.4. The first kappa shape index (κ1) is 44.4. The van der Waals surface area contributed by atoms with Gasteiger partial charge in [-0.05, 0) is 61.3 Å². The number of benzene rings is 4. The van der Waals surface area contributed by atoms with Gasteiger partial charge < -0.3 is 25.6 Å². The van der Waals surface area contributed by atoms with Crippen molar-refractivity contribution in [2.75, 3.05) is 23.7 Å². The van der Waals surface area contributed by atoms with Crippen molar-refractivity contribution in [1.29, 1.82) is 0 Å². The Labute approximate surface area is 347 Å². The van der Waals surface area contributed by atoms with E-state index in [2.05, 4.69) is 16.0 Å². The van der Waals surface area contributed by atoms with Crippen LogP contribution in [0.25, 0.3) is 22.0 Å². The van der Waals surface area contributed by atoms with Gasteiger partial charge in [-0.25, -0.2) is 0 Å². The summed E-state index contributed by atoms with van der Waals surface area (Å²) in [6.07, 6.45) is 1.46. The summed E-state index contributed by atoms with van der Waals surface area (Å²) in [5.74, 6) is -3.37. The molecule has 320 valence electrons. The van der Waals surface area contributed by atoms with Gasteiger partial charge >= 0.3 is 5.97 Å². The van der Waals surface area contributed by atoms with Crippen LogP contribution in [0.4, 0.5) is 17.1 Å². The van der Waals surface area contributed by atoms with Gasteiger partial charge in [0.05, 0.1) is 38.6 Å². The first-order valence-corrected chi connectivity index (χ1v) is 22.5. The molecule has 0 atom stereocenters. The summed E-state index contributed by atoms with van der Waals surface area (Å²) in [6, 6.07) is 14.1. The summed E-state index contributed by atoms with van der Waals surface area (Å²) in [7, 11) is -14.1. The van der Waals surface area contributed by atoms with Gasteiger partial charge in [-0.3, -0.25) is 37.6 Å². The van der Waals surface area contributed by atoms with Gasteiger partial charge in [0.1, 0.15) is 9.79 Å². The second kappa shape index (κ2) is 17.1. The quantitative estimate of drug-likeness (QED) is 0.0386. The largest absolute Gasteiger partial charge is 0.481 e. The Kier molecular flexibility index (Phi) is 12.4. The molecule has 0 spiro atoms. The number of aromatic nitrogens is 1. The van der Waals surface area contributed by atoms with Gasteiger partial charge in [0.15, 0.2) is 11.6 Å². The van der Waals surface area contributed by atoms with Crippen LogP contribution in [0.2, 0.25) is 0 Å². The van der Waals surface area contributed by atoms with E-state index in [9.17, 15) is 62.9 Å². The number of carboxylic acids is 1. The fourth-order valence-corrected chi connectivity index (χ4v) is 8.91. The summed E-state index contributed by atoms with van der Waals surface area (Å²) < 4.78 is 105. The number of unbranched alkanes of at least 4 members (excludes halogenated alkanes) is 2. The standard InChI is InChI=1S/C39H36N4O15S3/c1-43-28-14-13-25(41-26-19-27(30(61(56,57)58)20-29(26)60(53,54)55)42-31(44)15-17-40-16-6-2-3-12-32(45)46)34-35(28)33(23-10-4-5-11-24(23)38(34)48)36(39(43)49)37(47)21-8-7-9-22(18-21)59(50,51)52/h4-5,7-11,13-14,18-20,40-41H,2-3,6,12,15-17H2,1H3,(H,42,44)(H,45,46)(H,50,51,52)(H,53,54,55)(H,56,57,58). The fourth-order valence-electron chi connectivity index (χ4n) is 7.00. The number of amides is 1. The number of fused-ring (bicyclic) bond motifs is 2. The Morgan fingerprint density at radius 2 is 1.34 bits per heavy atom. The number of carbonyl (C=O) groups is 4. The highest BCUT2D eigenvalue weighted by atomic mass is 32.2. The minimum Gasteiger partial charge on any atom is -0.481 e. The predicted octanol–water partition coefficient (Wildman–Crippen LogP) is 4.03. The number of aliphatic carboxylic acids is 1. The van der Waals surface area contributed by atoms with Crippen LogP contribution in [0.5, 0.6) is 0 Å². The number of pyridine rings is 1. The number of carboxylic acid groups (broad SMARTS) is 1. The second-order valence-corrected chi connectivity index (χ2v) is 18.1. The summed E-state index contributed by atoms with van der Waals surface area (Å²) in [5.41, 5.74) is -3.06. The molecule has 1 heterocycles. The number of hydrogen-bond acceptors (Lipinski definition) is 13. The fraction of sp³-hybridized carbons (Fsp3) is 0.205. The molecular weight excluding hydrogens is 861 g/mol. The molecular formula is C39H36N4O15S3. The van der Waals surface area contributed by atoms with E-state index < -0.39 is 91.0 Å². The molecule has 5 aromatic rings. The van der Waals surface area contributed by atoms with Gasteiger partial charge in [0.2, 0.25) is 5.91 Å². The molecule has 4 aromatic carbocycles. The molecule has 0 aliphatic heterocycles. The molecule has 1 aliphatic rings. The van der Waals surface area contributed by atoms with Crippen molar-refractivity contribution < 1.29 is 63.2 Å². The molecule has 1 amide bonds. The maximum atomic E-state index is 14.4. The van der Waals surface area contributed by atoms with Crippen LogP contribution < -0.4 is 21.5 Å². The van der Waals surface area contributed by atoms with Gasteiger partial charge in [-0.2, -0.15) is 25.3 Å². The molecule has 0 bridgehead atoms. The lowest BCUT2D eigenvalue weighted by Crippen LogP contribution is -2.29. The van der Waals surface area contributed by atoms with Gasteiger partial charge in [-0.15, -0.1) is 0 Å². The number of anilines is 3. The third-order valence-electron chi connectivity index (χ3n) is 9.81. The van der Waals surface area contributed by atoms with Crippen LogP contribution >= 0.6 is 0 Å². The van der Waals surface area contributed by atoms with Gasteiger partial charge in [0.25, 0.3) is 35.9 Å². The maximum Gasteiger partial charge on any atom is 0.303 e. The summed E-state index contributed by atoms with van der Waals surface area (Å²) in [4.78, 5) is 63.6. The Bertz CT molecular complexity index is 3090. The van der Waals surface area contributed by atoms with Crippen LogP contribution in [0.15, 0.2) is 92.3 Å². The number of carbonyl (C=O) groups excluding carboxylic acids is 3. The van der Waals surface area contributed by atoms with Crippen molar-refractivity contribution >= 4 is 81.8 Å². The molecule has 1 aliphatic carbocycles. The van der Waals surface area contributed by atoms with Crippen molar-refractivity contribution in [2.24, 2.45) is 7.05 Å². The summed E-state index contributed by atoms with van der Waals surface area (Å²) in [5, 5.41) is 16.8. The van der Waals surface area contributed by atoms with E-state index in [1.807, 2.05) is 0 Å². The molecule has 22 heteroatoms. The third kappa shape index (κ3) is 9.29. The number of ketones is 2. The zero-order chi connectivity index (χ0) is 44.6. The average molecular weight is 897 g/mol. The topological polar surface area (TPSA) is 310 Å². The van der Waals surface area contributed by atoms with E-state index in [-0.39, 0.29) is 63.8 Å². The van der Waals surface area contributed by atoms with Crippen LogP contribution in [0.1, 0.15) is 63.9 Å². The first-order chi connectivity index (χ1) is 28.6. The summed E-state index contributed by atoms with van der Waals surface area (Å²) in [6.45, 7) is 0.524. The normalized spacial score (nSPS) is 12.6. The lowest BCUT2D eigenvalue weighted by molar-refractivity contribution is -0.137. The number of nitrogens with zero attached hydrogens (tertiary/aromatic N) is 1. The predicted molar refractivity (Wildman–Crippen MR) is 219 cm³/mol. The molecule has 1 aromatic heterocycles. The Hall–Kier alpha value is -6.14. The van der Waals surface area contributed by atoms with Crippen molar-refractivity contribution in [3.63, 3.8) is 0 Å². The van der Waals surface area contributed by atoms with Crippen LogP contribution in [0, 0.1) is 0 Å². The molecule has 0 unspecified atom stereocenters. The van der Waals surface area contributed by atoms with Crippen LogP contribution in [-0.4, -0.2) is 85.1 Å². The highest BCUT2D eigenvalue weighted by Crippen LogP contribution is 2.45. The monoisotopic (exact) mass is 896 g/mol. The third-order valence-corrected chi connectivity index (χ3v) is 12.4. The highest BCUT2D eigenvalue weighted by molar-refractivity contribution is 7.87. The minimum atomic E-state index is -5.34. The van der Waals surface area contributed by atoms with Gasteiger partial charge in [0, 0.05) is 48.5 Å². The lowest BCUT2D eigenvalue weighted by Gasteiger charge is -2.26. The zero-order valence-electron chi connectivity index (χ0n) is 31.8. The SMILES string of the molecule is Cn1c(=O)c(C(=O)c2cccc(S(=O)(=O)O)c2)c2c3c(c(Nc4cc(NC(=O)CCNCCCCCC(=O)O)c(S(=O)(=O)O)cc4S(=O)(=O)O)ccc31)C(=O)c1ccccc1-2. The molecule has 19 nitrogen and oxygen atoms in total. The van der Waals surface area contributed by atoms with Crippen molar-refractivity contribution in [1.82, 2.24) is 9.88 Å². The Morgan fingerprint density at radius 1 is 0.672 bits per heavy atom. The van der Waals surface area contributed by atoms with E-state index in [4.69, 9.17) is 5.11 Å². The zero-order valence-corrected chi connectivity index (χ0v) is 34.3. The lowest BCUT2D eigenvalue weighted by atomic mass is 9.80. The molecule has 0 radical (unpaired) electrons. The van der Waals surface area contributed by atoms with Gasteiger partial charge in [-0.1, -0.05) is 42.8 Å². The van der Waals surface area contributed by atoms with E-state index in [1.54, 1.807) is 6.07 Å². The summed E-state index contributed by atoms with van der Waals surface area (Å²) >= 11 is 0. The van der Waals surface area contributed by atoms with E-state index in [0.29, 0.717) is 31.9 Å². The number of aryl methyl sites for hydroxylation is 1. The van der Waals surface area contributed by atoms with Crippen molar-refractivity contribution in [3.05, 3.63) is 105 Å². The molecule has 0 saturated carbocycles.